The molecule has 2 aromatic heterocycles. The first-order valence-electron chi connectivity index (χ1n) is 10.5. The van der Waals surface area contributed by atoms with Crippen molar-refractivity contribution in [1.82, 2.24) is 24.9 Å². The van der Waals surface area contributed by atoms with Gasteiger partial charge >= 0.3 is 0 Å². The number of anilines is 1. The number of hydrogen-bond donors (Lipinski definition) is 0. The van der Waals surface area contributed by atoms with Crippen molar-refractivity contribution < 1.29 is 9.53 Å². The summed E-state index contributed by atoms with van der Waals surface area (Å²) in [5.74, 6) is 2.52. The van der Waals surface area contributed by atoms with Crippen molar-refractivity contribution in [3.63, 3.8) is 0 Å². The van der Waals surface area contributed by atoms with Gasteiger partial charge in [0.15, 0.2) is 11.6 Å². The van der Waals surface area contributed by atoms with Crippen LogP contribution in [0.25, 0.3) is 5.82 Å². The lowest BCUT2D eigenvalue weighted by molar-refractivity contribution is -0.130. The zero-order valence-corrected chi connectivity index (χ0v) is 18.5. The lowest BCUT2D eigenvalue weighted by atomic mass is 10.1. The lowest BCUT2D eigenvalue weighted by Crippen LogP contribution is -2.49. The number of carbonyl (C=O) groups is 1. The molecule has 162 valence electrons. The van der Waals surface area contributed by atoms with Gasteiger partial charge in [0.25, 0.3) is 0 Å². The van der Waals surface area contributed by atoms with E-state index < -0.39 is 0 Å². The number of carbonyl (C=O) groups excluding carboxylic acids is 1. The van der Waals surface area contributed by atoms with E-state index >= 15 is 0 Å². The quantitative estimate of drug-likeness (QED) is 0.631. The number of nitrogens with zero attached hydrogens (tertiary/aromatic N) is 6. The van der Waals surface area contributed by atoms with Gasteiger partial charge in [0.1, 0.15) is 5.75 Å². The molecule has 8 heteroatoms. The van der Waals surface area contributed by atoms with Crippen LogP contribution < -0.4 is 9.64 Å². The van der Waals surface area contributed by atoms with Crippen LogP contribution in [0, 0.1) is 20.8 Å². The molecule has 1 aliphatic heterocycles. The zero-order chi connectivity index (χ0) is 22.0. The molecule has 0 radical (unpaired) electrons. The Morgan fingerprint density at radius 1 is 0.968 bits per heavy atom. The minimum absolute atomic E-state index is 0.148. The predicted octanol–water partition coefficient (Wildman–Crippen LogP) is 2.49. The van der Waals surface area contributed by atoms with Gasteiger partial charge in [-0.25, -0.2) is 4.68 Å². The summed E-state index contributed by atoms with van der Waals surface area (Å²) in [5.41, 5.74) is 4.03. The zero-order valence-electron chi connectivity index (χ0n) is 18.5. The molecule has 1 aliphatic rings. The summed E-state index contributed by atoms with van der Waals surface area (Å²) in [4.78, 5) is 16.8. The molecule has 0 saturated carbocycles. The van der Waals surface area contributed by atoms with E-state index in [-0.39, 0.29) is 5.91 Å². The predicted molar refractivity (Wildman–Crippen MR) is 119 cm³/mol. The van der Waals surface area contributed by atoms with Gasteiger partial charge in [-0.15, -0.1) is 10.2 Å². The Morgan fingerprint density at radius 2 is 1.68 bits per heavy atom. The van der Waals surface area contributed by atoms with E-state index in [1.54, 1.807) is 11.8 Å². The third kappa shape index (κ3) is 4.52. The van der Waals surface area contributed by atoms with Crippen LogP contribution in [-0.2, 0) is 11.2 Å². The highest BCUT2D eigenvalue weighted by molar-refractivity contribution is 5.79. The summed E-state index contributed by atoms with van der Waals surface area (Å²) in [6.07, 6.45) is 0.405. The lowest BCUT2D eigenvalue weighted by Gasteiger charge is -2.35. The molecule has 31 heavy (non-hydrogen) atoms. The summed E-state index contributed by atoms with van der Waals surface area (Å²) < 4.78 is 7.09. The molecule has 1 aromatic carbocycles. The molecule has 0 atom stereocenters. The van der Waals surface area contributed by atoms with E-state index in [9.17, 15) is 4.79 Å². The van der Waals surface area contributed by atoms with Gasteiger partial charge in [-0.2, -0.15) is 5.10 Å². The monoisotopic (exact) mass is 420 g/mol. The van der Waals surface area contributed by atoms with Gasteiger partial charge in [-0.3, -0.25) is 4.79 Å². The van der Waals surface area contributed by atoms with Crippen LogP contribution >= 0.6 is 0 Å². The van der Waals surface area contributed by atoms with Crippen molar-refractivity contribution in [2.45, 2.75) is 27.2 Å². The summed E-state index contributed by atoms with van der Waals surface area (Å²) in [6, 6.07) is 11.8. The summed E-state index contributed by atoms with van der Waals surface area (Å²) in [7, 11) is 1.66. The molecule has 1 fully saturated rings. The van der Waals surface area contributed by atoms with E-state index in [1.807, 2.05) is 62.1 Å². The topological polar surface area (TPSA) is 76.4 Å². The van der Waals surface area contributed by atoms with Crippen LogP contribution in [0.15, 0.2) is 36.4 Å². The Bertz CT molecular complexity index is 1070. The molecule has 0 bridgehead atoms. The third-order valence-corrected chi connectivity index (χ3v) is 5.63. The SMILES string of the molecule is COc1ccc(CC(=O)N2CCN(c3ccc(-n4nc(C)cc4C)nn3)CC2)cc1C. The Labute approximate surface area is 182 Å². The second-order valence-corrected chi connectivity index (χ2v) is 7.94. The average molecular weight is 421 g/mol. The van der Waals surface area contributed by atoms with Gasteiger partial charge in [-0.05, 0) is 56.2 Å². The number of hydrogen-bond acceptors (Lipinski definition) is 6. The first-order chi connectivity index (χ1) is 14.9. The Hall–Kier alpha value is -3.42. The summed E-state index contributed by atoms with van der Waals surface area (Å²) >= 11 is 0. The minimum Gasteiger partial charge on any atom is -0.496 e. The standard InChI is InChI=1S/C23H28N6O2/c1-16-13-19(5-6-20(16)31-4)15-23(30)28-11-9-27(10-12-28)21-7-8-22(25-24-21)29-18(3)14-17(2)26-29/h5-8,13-14H,9-12,15H2,1-4H3. The molecule has 0 aliphatic carbocycles. The van der Waals surface area contributed by atoms with Crippen LogP contribution in [0.3, 0.4) is 0 Å². The van der Waals surface area contributed by atoms with E-state index in [1.165, 1.54) is 0 Å². The van der Waals surface area contributed by atoms with Crippen molar-refractivity contribution in [3.05, 3.63) is 58.9 Å². The highest BCUT2D eigenvalue weighted by Crippen LogP contribution is 2.20. The van der Waals surface area contributed by atoms with Crippen LogP contribution in [-0.4, -0.2) is 64.1 Å². The number of aromatic nitrogens is 4. The first kappa shape index (κ1) is 20.8. The number of aryl methyl sites for hydroxylation is 3. The van der Waals surface area contributed by atoms with Crippen molar-refractivity contribution in [2.75, 3.05) is 38.2 Å². The van der Waals surface area contributed by atoms with Crippen LogP contribution in [0.5, 0.6) is 5.75 Å². The molecular formula is C23H28N6O2. The Kier molecular flexibility index (Phi) is 5.88. The van der Waals surface area contributed by atoms with Crippen molar-refractivity contribution in [1.29, 1.82) is 0 Å². The van der Waals surface area contributed by atoms with Crippen LogP contribution in [0.1, 0.15) is 22.5 Å². The van der Waals surface area contributed by atoms with E-state index in [0.29, 0.717) is 25.3 Å². The number of piperazine rings is 1. The molecule has 1 amide bonds. The van der Waals surface area contributed by atoms with E-state index in [0.717, 1.165) is 47.2 Å². The fourth-order valence-corrected chi connectivity index (χ4v) is 3.98. The maximum absolute atomic E-state index is 12.8. The number of benzene rings is 1. The van der Waals surface area contributed by atoms with Gasteiger partial charge in [0.2, 0.25) is 5.91 Å². The molecular weight excluding hydrogens is 392 g/mol. The maximum atomic E-state index is 12.8. The van der Waals surface area contributed by atoms with Crippen LogP contribution in [0.4, 0.5) is 5.82 Å². The van der Waals surface area contributed by atoms with E-state index in [2.05, 4.69) is 20.2 Å². The van der Waals surface area contributed by atoms with Crippen molar-refractivity contribution in [2.24, 2.45) is 0 Å². The van der Waals surface area contributed by atoms with Gasteiger partial charge in [0.05, 0.1) is 19.2 Å². The summed E-state index contributed by atoms with van der Waals surface area (Å²) in [5, 5.41) is 13.2. The van der Waals surface area contributed by atoms with Gasteiger partial charge in [-0.1, -0.05) is 12.1 Å². The minimum atomic E-state index is 0.148. The largest absolute Gasteiger partial charge is 0.496 e. The van der Waals surface area contributed by atoms with Gasteiger partial charge in [0, 0.05) is 31.9 Å². The Morgan fingerprint density at radius 3 is 2.26 bits per heavy atom. The van der Waals surface area contributed by atoms with E-state index in [4.69, 9.17) is 4.74 Å². The number of rotatable bonds is 5. The van der Waals surface area contributed by atoms with Crippen molar-refractivity contribution >= 4 is 11.7 Å². The molecule has 4 rings (SSSR count). The summed E-state index contributed by atoms with van der Waals surface area (Å²) in [6.45, 7) is 8.78. The average Bonchev–Trinajstić information content (AvgIpc) is 3.12. The first-order valence-corrected chi connectivity index (χ1v) is 10.5. The second kappa shape index (κ2) is 8.75. The molecule has 3 heterocycles. The third-order valence-electron chi connectivity index (χ3n) is 5.63. The molecule has 0 spiro atoms. The highest BCUT2D eigenvalue weighted by Gasteiger charge is 2.22. The fourth-order valence-electron chi connectivity index (χ4n) is 3.98. The fraction of sp³-hybridized carbons (Fsp3) is 0.391. The number of ether oxygens (including phenoxy) is 1. The van der Waals surface area contributed by atoms with Gasteiger partial charge < -0.3 is 14.5 Å². The molecule has 8 nitrogen and oxygen atoms in total. The normalized spacial score (nSPS) is 14.1. The number of amides is 1. The smallest absolute Gasteiger partial charge is 0.227 e. The van der Waals surface area contributed by atoms with Crippen molar-refractivity contribution in [3.8, 4) is 11.6 Å². The molecule has 0 N–H and O–H groups in total. The molecule has 3 aromatic rings. The molecule has 1 saturated heterocycles. The second-order valence-electron chi connectivity index (χ2n) is 7.94. The Balaban J connectivity index is 1.34. The maximum Gasteiger partial charge on any atom is 0.227 e. The molecule has 0 unspecified atom stereocenters. The highest BCUT2D eigenvalue weighted by atomic mass is 16.5. The van der Waals surface area contributed by atoms with Crippen LogP contribution in [0.2, 0.25) is 0 Å². The number of methoxy groups -OCH3 is 1.